The van der Waals surface area contributed by atoms with Crippen LogP contribution in [0.25, 0.3) is 22.4 Å². The zero-order valence-corrected chi connectivity index (χ0v) is 10.9. The van der Waals surface area contributed by atoms with E-state index < -0.39 is 11.7 Å². The number of alkyl halides is 3. The fourth-order valence-corrected chi connectivity index (χ4v) is 2.11. The second kappa shape index (κ2) is 4.58. The van der Waals surface area contributed by atoms with Crippen molar-refractivity contribution in [3.63, 3.8) is 0 Å². The summed E-state index contributed by atoms with van der Waals surface area (Å²) in [5.41, 5.74) is 1.06. The minimum absolute atomic E-state index is 0.293. The molecule has 6 heteroatoms. The number of nitrogens with zero attached hydrogens (tertiary/aromatic N) is 1. The smallest absolute Gasteiger partial charge is 0.338 e. The number of aryl methyl sites for hydroxylation is 1. The minimum atomic E-state index is -4.40. The third-order valence-electron chi connectivity index (χ3n) is 3.24. The second-order valence-corrected chi connectivity index (χ2v) is 4.78. The van der Waals surface area contributed by atoms with E-state index in [0.717, 1.165) is 12.1 Å². The third kappa shape index (κ3) is 2.49. The molecule has 0 aliphatic heterocycles. The predicted molar refractivity (Wildman–Crippen MR) is 71.2 cm³/mol. The van der Waals surface area contributed by atoms with Crippen molar-refractivity contribution >= 4 is 11.0 Å². The molecular weight excluding hydrogens is 284 g/mol. The minimum Gasteiger partial charge on any atom is -0.338 e. The first kappa shape index (κ1) is 13.6. The lowest BCUT2D eigenvalue weighted by Gasteiger charge is -2.05. The van der Waals surface area contributed by atoms with Crippen LogP contribution in [0.3, 0.4) is 0 Å². The number of hydrogen-bond acceptors (Lipinski definition) is 1. The molecular formula is C15H10F4N2. The highest BCUT2D eigenvalue weighted by Crippen LogP contribution is 2.31. The van der Waals surface area contributed by atoms with Crippen molar-refractivity contribution in [2.75, 3.05) is 0 Å². The highest BCUT2D eigenvalue weighted by Gasteiger charge is 2.30. The van der Waals surface area contributed by atoms with Gasteiger partial charge in [0.1, 0.15) is 11.6 Å². The Balaban J connectivity index is 2.10. The van der Waals surface area contributed by atoms with Crippen LogP contribution in [-0.4, -0.2) is 9.97 Å². The lowest BCUT2D eigenvalue weighted by Crippen LogP contribution is -2.04. The SMILES string of the molecule is Cc1cc(-c2nc3ccc(C(F)(F)F)cc3[nH]2)ccc1F. The molecule has 1 aromatic heterocycles. The van der Waals surface area contributed by atoms with Crippen LogP contribution in [0.2, 0.25) is 0 Å². The van der Waals surface area contributed by atoms with E-state index in [1.165, 1.54) is 18.2 Å². The number of aromatic nitrogens is 2. The van der Waals surface area contributed by atoms with Gasteiger partial charge in [0.15, 0.2) is 0 Å². The fourth-order valence-electron chi connectivity index (χ4n) is 2.11. The van der Waals surface area contributed by atoms with Crippen LogP contribution in [0.1, 0.15) is 11.1 Å². The van der Waals surface area contributed by atoms with Crippen LogP contribution in [0.4, 0.5) is 17.6 Å². The molecule has 108 valence electrons. The normalized spacial score (nSPS) is 12.0. The number of fused-ring (bicyclic) bond motifs is 1. The molecule has 2 aromatic carbocycles. The molecule has 2 nitrogen and oxygen atoms in total. The van der Waals surface area contributed by atoms with Crippen molar-refractivity contribution in [2.45, 2.75) is 13.1 Å². The summed E-state index contributed by atoms with van der Waals surface area (Å²) in [6.07, 6.45) is -4.40. The average molecular weight is 294 g/mol. The zero-order valence-electron chi connectivity index (χ0n) is 10.9. The summed E-state index contributed by atoms with van der Waals surface area (Å²) in [6.45, 7) is 1.61. The summed E-state index contributed by atoms with van der Waals surface area (Å²) >= 11 is 0. The summed E-state index contributed by atoms with van der Waals surface area (Å²) in [4.78, 5) is 7.07. The van der Waals surface area contributed by atoms with Gasteiger partial charge >= 0.3 is 6.18 Å². The van der Waals surface area contributed by atoms with E-state index in [4.69, 9.17) is 0 Å². The Morgan fingerprint density at radius 2 is 1.81 bits per heavy atom. The van der Waals surface area contributed by atoms with Crippen LogP contribution in [0.15, 0.2) is 36.4 Å². The van der Waals surface area contributed by atoms with E-state index in [1.807, 2.05) is 0 Å². The Morgan fingerprint density at radius 1 is 1.05 bits per heavy atom. The highest BCUT2D eigenvalue weighted by atomic mass is 19.4. The van der Waals surface area contributed by atoms with E-state index in [9.17, 15) is 17.6 Å². The topological polar surface area (TPSA) is 28.7 Å². The number of imidazole rings is 1. The van der Waals surface area contributed by atoms with E-state index in [1.54, 1.807) is 13.0 Å². The van der Waals surface area contributed by atoms with Gasteiger partial charge in [0.05, 0.1) is 16.6 Å². The molecule has 0 spiro atoms. The van der Waals surface area contributed by atoms with Crippen molar-refractivity contribution in [2.24, 2.45) is 0 Å². The van der Waals surface area contributed by atoms with Crippen molar-refractivity contribution in [1.29, 1.82) is 0 Å². The van der Waals surface area contributed by atoms with E-state index >= 15 is 0 Å². The molecule has 3 rings (SSSR count). The van der Waals surface area contributed by atoms with Crippen LogP contribution in [-0.2, 0) is 6.18 Å². The van der Waals surface area contributed by atoms with E-state index in [0.29, 0.717) is 28.0 Å². The molecule has 0 radical (unpaired) electrons. The van der Waals surface area contributed by atoms with Crippen LogP contribution >= 0.6 is 0 Å². The first-order valence-electron chi connectivity index (χ1n) is 6.18. The standard InChI is InChI=1S/C15H10F4N2/c1-8-6-9(2-4-11(8)16)14-20-12-5-3-10(15(17,18)19)7-13(12)21-14/h2-7H,1H3,(H,20,21). The van der Waals surface area contributed by atoms with Crippen molar-refractivity contribution in [3.05, 3.63) is 53.3 Å². The monoisotopic (exact) mass is 294 g/mol. The Bertz CT molecular complexity index is 818. The van der Waals surface area contributed by atoms with Crippen molar-refractivity contribution in [3.8, 4) is 11.4 Å². The third-order valence-corrected chi connectivity index (χ3v) is 3.24. The molecule has 21 heavy (non-hydrogen) atoms. The largest absolute Gasteiger partial charge is 0.416 e. The molecule has 1 N–H and O–H groups in total. The van der Waals surface area contributed by atoms with Gasteiger partial charge in [0, 0.05) is 5.56 Å². The van der Waals surface area contributed by atoms with Gasteiger partial charge in [-0.2, -0.15) is 13.2 Å². The lowest BCUT2D eigenvalue weighted by molar-refractivity contribution is -0.137. The molecule has 0 fully saturated rings. The first-order valence-corrected chi connectivity index (χ1v) is 6.18. The highest BCUT2D eigenvalue weighted by molar-refractivity contribution is 5.80. The number of rotatable bonds is 1. The van der Waals surface area contributed by atoms with Gasteiger partial charge in [-0.25, -0.2) is 9.37 Å². The number of hydrogen-bond donors (Lipinski definition) is 1. The van der Waals surface area contributed by atoms with Gasteiger partial charge in [0.25, 0.3) is 0 Å². The maximum atomic E-state index is 13.2. The molecule has 0 unspecified atom stereocenters. The van der Waals surface area contributed by atoms with Crippen LogP contribution < -0.4 is 0 Å². The average Bonchev–Trinajstić information content (AvgIpc) is 2.83. The van der Waals surface area contributed by atoms with Crippen molar-refractivity contribution < 1.29 is 17.6 Å². The van der Waals surface area contributed by atoms with E-state index in [-0.39, 0.29) is 5.82 Å². The molecule has 0 saturated carbocycles. The van der Waals surface area contributed by atoms with Crippen molar-refractivity contribution in [1.82, 2.24) is 9.97 Å². The van der Waals surface area contributed by atoms with Gasteiger partial charge < -0.3 is 4.98 Å². The zero-order chi connectivity index (χ0) is 15.2. The number of aromatic amines is 1. The van der Waals surface area contributed by atoms with Gasteiger partial charge in [-0.15, -0.1) is 0 Å². The summed E-state index contributed by atoms with van der Waals surface area (Å²) in [7, 11) is 0. The summed E-state index contributed by atoms with van der Waals surface area (Å²) in [5.74, 6) is 0.0710. The number of nitrogens with one attached hydrogen (secondary N) is 1. The second-order valence-electron chi connectivity index (χ2n) is 4.78. The Morgan fingerprint density at radius 3 is 2.48 bits per heavy atom. The summed E-state index contributed by atoms with van der Waals surface area (Å²) in [5, 5.41) is 0. The van der Waals surface area contributed by atoms with Gasteiger partial charge in [0.2, 0.25) is 0 Å². The molecule has 0 aliphatic rings. The lowest BCUT2D eigenvalue weighted by atomic mass is 10.1. The fraction of sp³-hybridized carbons (Fsp3) is 0.133. The van der Waals surface area contributed by atoms with Gasteiger partial charge in [-0.1, -0.05) is 0 Å². The molecule has 1 heterocycles. The Hall–Kier alpha value is -2.37. The maximum Gasteiger partial charge on any atom is 0.416 e. The molecule has 0 aliphatic carbocycles. The quantitative estimate of drug-likeness (QED) is 0.648. The Labute approximate surface area is 117 Å². The number of halogens is 4. The number of benzene rings is 2. The summed E-state index contributed by atoms with van der Waals surface area (Å²) < 4.78 is 51.2. The molecule has 0 bridgehead atoms. The maximum absolute atomic E-state index is 13.2. The van der Waals surface area contributed by atoms with Crippen LogP contribution in [0, 0.1) is 12.7 Å². The predicted octanol–water partition coefficient (Wildman–Crippen LogP) is 4.70. The molecule has 0 saturated heterocycles. The Kier molecular flexibility index (Phi) is 2.97. The van der Waals surface area contributed by atoms with Gasteiger partial charge in [-0.3, -0.25) is 0 Å². The van der Waals surface area contributed by atoms with Crippen LogP contribution in [0.5, 0.6) is 0 Å². The van der Waals surface area contributed by atoms with E-state index in [2.05, 4.69) is 9.97 Å². The summed E-state index contributed by atoms with van der Waals surface area (Å²) in [6, 6.07) is 7.75. The van der Waals surface area contributed by atoms with Gasteiger partial charge in [-0.05, 0) is 48.9 Å². The molecule has 0 amide bonds. The first-order chi connectivity index (χ1) is 9.84. The molecule has 0 atom stereocenters. The number of H-pyrrole nitrogens is 1. The molecule has 3 aromatic rings.